The van der Waals surface area contributed by atoms with Crippen molar-refractivity contribution in [2.75, 3.05) is 0 Å². The molecule has 0 bridgehead atoms. The molecular formula is C12H13BrO2S. The summed E-state index contributed by atoms with van der Waals surface area (Å²) in [5, 5.41) is 12.2. The van der Waals surface area contributed by atoms with E-state index in [0.29, 0.717) is 6.42 Å². The number of aliphatic hydroxyl groups excluding tert-OH is 1. The van der Waals surface area contributed by atoms with Crippen molar-refractivity contribution in [2.24, 2.45) is 0 Å². The van der Waals surface area contributed by atoms with Crippen LogP contribution in [-0.2, 0) is 12.8 Å². The number of aryl methyl sites for hydroxylation is 1. The zero-order chi connectivity index (χ0) is 11.5. The van der Waals surface area contributed by atoms with Gasteiger partial charge in [-0.3, -0.25) is 0 Å². The zero-order valence-corrected chi connectivity index (χ0v) is 11.3. The molecule has 2 heterocycles. The third-order valence-corrected chi connectivity index (χ3v) is 4.48. The number of furan rings is 1. The number of hydrogen-bond donors (Lipinski definition) is 1. The smallest absolute Gasteiger partial charge is 0.109 e. The first-order valence-electron chi connectivity index (χ1n) is 5.18. The second-order valence-electron chi connectivity index (χ2n) is 3.56. The molecule has 4 heteroatoms. The average molecular weight is 301 g/mol. The summed E-state index contributed by atoms with van der Waals surface area (Å²) in [5.41, 5.74) is 0.905. The Morgan fingerprint density at radius 3 is 2.94 bits per heavy atom. The molecule has 2 nitrogen and oxygen atoms in total. The lowest BCUT2D eigenvalue weighted by Crippen LogP contribution is -2.02. The first kappa shape index (κ1) is 11.9. The lowest BCUT2D eigenvalue weighted by Gasteiger charge is -2.09. The van der Waals surface area contributed by atoms with Gasteiger partial charge in [0.25, 0.3) is 0 Å². The number of halogens is 1. The Kier molecular flexibility index (Phi) is 3.84. The molecule has 2 aromatic heterocycles. The third kappa shape index (κ3) is 2.39. The van der Waals surface area contributed by atoms with Crippen LogP contribution in [0.15, 0.2) is 32.7 Å². The maximum Gasteiger partial charge on any atom is 0.109 e. The first-order chi connectivity index (χ1) is 7.72. The lowest BCUT2D eigenvalue weighted by atomic mass is 10.1. The molecule has 0 aliphatic carbocycles. The van der Waals surface area contributed by atoms with Gasteiger partial charge in [-0.15, -0.1) is 11.3 Å². The Bertz CT molecular complexity index is 461. The van der Waals surface area contributed by atoms with E-state index in [-0.39, 0.29) is 0 Å². The highest BCUT2D eigenvalue weighted by atomic mass is 79.9. The fraction of sp³-hybridized carbons (Fsp3) is 0.333. The summed E-state index contributed by atoms with van der Waals surface area (Å²) in [6.45, 7) is 2.02. The maximum absolute atomic E-state index is 10.1. The molecule has 0 saturated carbocycles. The topological polar surface area (TPSA) is 33.4 Å². The monoisotopic (exact) mass is 300 g/mol. The van der Waals surface area contributed by atoms with E-state index in [9.17, 15) is 5.11 Å². The van der Waals surface area contributed by atoms with E-state index in [1.807, 2.05) is 24.4 Å². The van der Waals surface area contributed by atoms with Gasteiger partial charge < -0.3 is 9.52 Å². The molecule has 86 valence electrons. The largest absolute Gasteiger partial charge is 0.469 e. The minimum atomic E-state index is -0.483. The molecule has 2 aromatic rings. The zero-order valence-electron chi connectivity index (χ0n) is 8.94. The Morgan fingerprint density at radius 2 is 2.31 bits per heavy atom. The van der Waals surface area contributed by atoms with E-state index in [2.05, 4.69) is 15.9 Å². The summed E-state index contributed by atoms with van der Waals surface area (Å²) in [7, 11) is 0. The van der Waals surface area contributed by atoms with Crippen LogP contribution in [0.2, 0.25) is 0 Å². The molecule has 0 amide bonds. The van der Waals surface area contributed by atoms with Crippen LogP contribution in [0, 0.1) is 0 Å². The predicted octanol–water partition coefficient (Wildman–Crippen LogP) is 3.94. The van der Waals surface area contributed by atoms with Gasteiger partial charge in [0.05, 0.1) is 12.4 Å². The standard InChI is InChI=1S/C12H13BrO2S/c1-2-11-8(3-5-15-11)10(14)7-12-9(13)4-6-16-12/h3-6,10,14H,2,7H2,1H3. The molecule has 1 unspecified atom stereocenters. The van der Waals surface area contributed by atoms with Crippen LogP contribution in [0.1, 0.15) is 29.2 Å². The minimum Gasteiger partial charge on any atom is -0.469 e. The first-order valence-corrected chi connectivity index (χ1v) is 6.85. The van der Waals surface area contributed by atoms with Crippen LogP contribution in [0.5, 0.6) is 0 Å². The van der Waals surface area contributed by atoms with Gasteiger partial charge in [0.1, 0.15) is 5.76 Å². The fourth-order valence-corrected chi connectivity index (χ4v) is 3.24. The van der Waals surface area contributed by atoms with Crippen molar-refractivity contribution in [3.8, 4) is 0 Å². The quantitative estimate of drug-likeness (QED) is 0.928. The molecule has 0 fully saturated rings. The highest BCUT2D eigenvalue weighted by Crippen LogP contribution is 2.29. The highest BCUT2D eigenvalue weighted by Gasteiger charge is 2.16. The Labute approximate surface area is 107 Å². The van der Waals surface area contributed by atoms with E-state index in [0.717, 1.165) is 27.1 Å². The van der Waals surface area contributed by atoms with Crippen LogP contribution < -0.4 is 0 Å². The summed E-state index contributed by atoms with van der Waals surface area (Å²) in [4.78, 5) is 1.16. The van der Waals surface area contributed by atoms with Crippen molar-refractivity contribution in [1.29, 1.82) is 0 Å². The van der Waals surface area contributed by atoms with Crippen LogP contribution in [-0.4, -0.2) is 5.11 Å². The van der Waals surface area contributed by atoms with E-state index < -0.39 is 6.10 Å². The van der Waals surface area contributed by atoms with E-state index in [1.165, 1.54) is 0 Å². The van der Waals surface area contributed by atoms with E-state index in [1.54, 1.807) is 17.6 Å². The van der Waals surface area contributed by atoms with Crippen molar-refractivity contribution in [3.05, 3.63) is 44.4 Å². The molecule has 0 aliphatic heterocycles. The van der Waals surface area contributed by atoms with Gasteiger partial charge in [0.2, 0.25) is 0 Å². The molecular weight excluding hydrogens is 288 g/mol. The van der Waals surface area contributed by atoms with Gasteiger partial charge in [-0.1, -0.05) is 6.92 Å². The Hall–Kier alpha value is -0.580. The number of rotatable bonds is 4. The van der Waals surface area contributed by atoms with Crippen molar-refractivity contribution >= 4 is 27.3 Å². The highest BCUT2D eigenvalue weighted by molar-refractivity contribution is 9.10. The normalized spacial score (nSPS) is 12.9. The SMILES string of the molecule is CCc1occc1C(O)Cc1sccc1Br. The average Bonchev–Trinajstić information content (AvgIpc) is 2.87. The molecule has 0 aliphatic rings. The summed E-state index contributed by atoms with van der Waals surface area (Å²) < 4.78 is 6.38. The van der Waals surface area contributed by atoms with Gasteiger partial charge in [0, 0.05) is 27.8 Å². The summed E-state index contributed by atoms with van der Waals surface area (Å²) in [5.74, 6) is 0.875. The minimum absolute atomic E-state index is 0.483. The number of aliphatic hydroxyl groups is 1. The van der Waals surface area contributed by atoms with Gasteiger partial charge >= 0.3 is 0 Å². The molecule has 0 saturated heterocycles. The molecule has 0 aromatic carbocycles. The maximum atomic E-state index is 10.1. The summed E-state index contributed by atoms with van der Waals surface area (Å²) >= 11 is 5.12. The molecule has 0 spiro atoms. The predicted molar refractivity (Wildman–Crippen MR) is 68.8 cm³/mol. The van der Waals surface area contributed by atoms with Gasteiger partial charge in [-0.2, -0.15) is 0 Å². The molecule has 0 radical (unpaired) electrons. The Balaban J connectivity index is 2.14. The third-order valence-electron chi connectivity index (χ3n) is 2.53. The molecule has 1 N–H and O–H groups in total. The van der Waals surface area contributed by atoms with Crippen LogP contribution in [0.3, 0.4) is 0 Å². The van der Waals surface area contributed by atoms with Crippen molar-refractivity contribution in [1.82, 2.24) is 0 Å². The number of hydrogen-bond acceptors (Lipinski definition) is 3. The van der Waals surface area contributed by atoms with Gasteiger partial charge in [-0.25, -0.2) is 0 Å². The van der Waals surface area contributed by atoms with Gasteiger partial charge in [-0.05, 0) is 33.4 Å². The second kappa shape index (κ2) is 5.17. The fourth-order valence-electron chi connectivity index (χ4n) is 1.69. The van der Waals surface area contributed by atoms with Gasteiger partial charge in [0.15, 0.2) is 0 Å². The van der Waals surface area contributed by atoms with Crippen LogP contribution >= 0.6 is 27.3 Å². The summed E-state index contributed by atoms with van der Waals surface area (Å²) in [6, 6.07) is 3.85. The number of thiophene rings is 1. The molecule has 2 rings (SSSR count). The molecule has 16 heavy (non-hydrogen) atoms. The second-order valence-corrected chi connectivity index (χ2v) is 5.42. The summed E-state index contributed by atoms with van der Waals surface area (Å²) in [6.07, 6.45) is 2.60. The van der Waals surface area contributed by atoms with E-state index >= 15 is 0 Å². The van der Waals surface area contributed by atoms with Crippen molar-refractivity contribution in [3.63, 3.8) is 0 Å². The van der Waals surface area contributed by atoms with Crippen LogP contribution in [0.25, 0.3) is 0 Å². The van der Waals surface area contributed by atoms with Crippen molar-refractivity contribution in [2.45, 2.75) is 25.9 Å². The molecule has 1 atom stereocenters. The Morgan fingerprint density at radius 1 is 1.50 bits per heavy atom. The lowest BCUT2D eigenvalue weighted by molar-refractivity contribution is 0.176. The van der Waals surface area contributed by atoms with E-state index in [4.69, 9.17) is 4.42 Å². The van der Waals surface area contributed by atoms with Crippen LogP contribution in [0.4, 0.5) is 0 Å². The van der Waals surface area contributed by atoms with Crippen molar-refractivity contribution < 1.29 is 9.52 Å².